The molecule has 52 valence electrons. The third-order valence-corrected chi connectivity index (χ3v) is 1.53. The molecule has 0 amide bonds. The Morgan fingerprint density at radius 1 is 1.67 bits per heavy atom. The maximum atomic E-state index is 8.15. The van der Waals surface area contributed by atoms with Crippen LogP contribution >= 0.6 is 34.8 Å². The number of rotatable bonds is 2. The predicted molar refractivity (Wildman–Crippen MR) is 39.7 cm³/mol. The first-order valence-corrected chi connectivity index (χ1v) is 3.34. The minimum atomic E-state index is 0.0402. The van der Waals surface area contributed by atoms with E-state index in [-0.39, 0.29) is 16.6 Å². The van der Waals surface area contributed by atoms with Crippen molar-refractivity contribution in [1.82, 2.24) is 0 Å². The number of alkyl halides is 1. The maximum absolute atomic E-state index is 8.15. The summed E-state index contributed by atoms with van der Waals surface area (Å²) in [7, 11) is 0. The molecule has 0 aromatic rings. The molecule has 0 aromatic carbocycles. The highest BCUT2D eigenvalue weighted by molar-refractivity contribution is 6.50. The SMILES string of the molecule is O/N=C(CCl)/C(Cl)=C/Cl. The minimum Gasteiger partial charge on any atom is -0.411 e. The second-order valence-electron chi connectivity index (χ2n) is 1.14. The van der Waals surface area contributed by atoms with Crippen molar-refractivity contribution >= 4 is 40.5 Å². The summed E-state index contributed by atoms with van der Waals surface area (Å²) in [4.78, 5) is 0. The number of hydrogen-bond acceptors (Lipinski definition) is 2. The molecule has 0 radical (unpaired) electrons. The van der Waals surface area contributed by atoms with E-state index in [4.69, 9.17) is 40.0 Å². The zero-order valence-electron chi connectivity index (χ0n) is 4.31. The molecule has 5 heteroatoms. The van der Waals surface area contributed by atoms with Gasteiger partial charge in [0.05, 0.1) is 10.9 Å². The van der Waals surface area contributed by atoms with Gasteiger partial charge in [-0.1, -0.05) is 28.4 Å². The smallest absolute Gasteiger partial charge is 0.114 e. The molecule has 0 aliphatic rings. The fourth-order valence-corrected chi connectivity index (χ4v) is 0.698. The van der Waals surface area contributed by atoms with E-state index in [9.17, 15) is 0 Å². The molecule has 0 aliphatic carbocycles. The molecule has 0 rings (SSSR count). The second-order valence-corrected chi connectivity index (χ2v) is 2.03. The zero-order valence-corrected chi connectivity index (χ0v) is 6.58. The normalized spacial score (nSPS) is 14.1. The molecule has 1 N–H and O–H groups in total. The third kappa shape index (κ3) is 2.94. The summed E-state index contributed by atoms with van der Waals surface area (Å²) in [6, 6.07) is 0. The molecule has 0 aromatic heterocycles. The van der Waals surface area contributed by atoms with Gasteiger partial charge >= 0.3 is 0 Å². The molecule has 0 bridgehead atoms. The average molecular weight is 188 g/mol. The van der Waals surface area contributed by atoms with Gasteiger partial charge in [-0.2, -0.15) is 0 Å². The summed E-state index contributed by atoms with van der Waals surface area (Å²) < 4.78 is 0. The molecule has 0 unspecified atom stereocenters. The molecule has 0 heterocycles. The lowest BCUT2D eigenvalue weighted by atomic mass is 10.4. The van der Waals surface area contributed by atoms with E-state index < -0.39 is 0 Å². The molecule has 0 saturated carbocycles. The van der Waals surface area contributed by atoms with E-state index in [1.54, 1.807) is 0 Å². The van der Waals surface area contributed by atoms with Gasteiger partial charge < -0.3 is 5.21 Å². The fraction of sp³-hybridized carbons (Fsp3) is 0.250. The largest absolute Gasteiger partial charge is 0.411 e. The quantitative estimate of drug-likeness (QED) is 0.307. The van der Waals surface area contributed by atoms with E-state index in [0.717, 1.165) is 5.54 Å². The van der Waals surface area contributed by atoms with Crippen molar-refractivity contribution in [3.05, 3.63) is 10.6 Å². The second kappa shape index (κ2) is 4.91. The minimum absolute atomic E-state index is 0.0402. The highest BCUT2D eigenvalue weighted by Crippen LogP contribution is 2.06. The summed E-state index contributed by atoms with van der Waals surface area (Å²) >= 11 is 15.8. The molecule has 0 saturated heterocycles. The number of allylic oxidation sites excluding steroid dienone is 1. The Balaban J connectivity index is 4.14. The number of nitrogens with zero attached hydrogens (tertiary/aromatic N) is 1. The Labute approximate surface area is 67.7 Å². The topological polar surface area (TPSA) is 32.6 Å². The van der Waals surface area contributed by atoms with Crippen LogP contribution in [-0.4, -0.2) is 16.8 Å². The van der Waals surface area contributed by atoms with E-state index in [2.05, 4.69) is 5.16 Å². The van der Waals surface area contributed by atoms with E-state index >= 15 is 0 Å². The first-order chi connectivity index (χ1) is 4.26. The first kappa shape index (κ1) is 9.08. The van der Waals surface area contributed by atoms with E-state index in [1.165, 1.54) is 0 Å². The lowest BCUT2D eigenvalue weighted by Gasteiger charge is -1.92. The van der Waals surface area contributed by atoms with Crippen molar-refractivity contribution in [2.45, 2.75) is 0 Å². The van der Waals surface area contributed by atoms with Crippen LogP contribution in [0.2, 0.25) is 0 Å². The lowest BCUT2D eigenvalue weighted by Crippen LogP contribution is -1.98. The van der Waals surface area contributed by atoms with Crippen molar-refractivity contribution in [3.8, 4) is 0 Å². The number of hydrogen-bond donors (Lipinski definition) is 1. The first-order valence-electron chi connectivity index (χ1n) is 1.99. The van der Waals surface area contributed by atoms with Crippen LogP contribution in [0.15, 0.2) is 15.7 Å². The van der Waals surface area contributed by atoms with Crippen LogP contribution in [0, 0.1) is 0 Å². The third-order valence-electron chi connectivity index (χ3n) is 0.619. The van der Waals surface area contributed by atoms with Crippen LogP contribution in [0.5, 0.6) is 0 Å². The van der Waals surface area contributed by atoms with Crippen molar-refractivity contribution in [2.24, 2.45) is 5.16 Å². The van der Waals surface area contributed by atoms with Crippen LogP contribution in [0.4, 0.5) is 0 Å². The molecule has 0 atom stereocenters. The zero-order chi connectivity index (χ0) is 7.28. The Bertz CT molecular complexity index is 143. The Morgan fingerprint density at radius 2 is 2.22 bits per heavy atom. The van der Waals surface area contributed by atoms with Crippen molar-refractivity contribution in [1.29, 1.82) is 0 Å². The molecular formula is C4H4Cl3NO. The standard InChI is InChI=1S/C4H4Cl3NO/c5-1-3(7)4(2-6)8-9/h1,9H,2H2/b3-1-,8-4+. The summed E-state index contributed by atoms with van der Waals surface area (Å²) in [6.45, 7) is 0. The van der Waals surface area contributed by atoms with Crippen molar-refractivity contribution in [2.75, 3.05) is 5.88 Å². The maximum Gasteiger partial charge on any atom is 0.114 e. The fourth-order valence-electron chi connectivity index (χ4n) is 0.201. The number of halogens is 3. The van der Waals surface area contributed by atoms with Gasteiger partial charge in [-0.3, -0.25) is 0 Å². The predicted octanol–water partition coefficient (Wildman–Crippen LogP) is 2.37. The summed E-state index contributed by atoms with van der Waals surface area (Å²) in [6.07, 6.45) is 0. The number of oxime groups is 1. The van der Waals surface area contributed by atoms with Crippen molar-refractivity contribution < 1.29 is 5.21 Å². The van der Waals surface area contributed by atoms with Gasteiger partial charge in [0.25, 0.3) is 0 Å². The summed E-state index contributed by atoms with van der Waals surface area (Å²) in [5.41, 5.74) is 1.24. The van der Waals surface area contributed by atoms with Crippen LogP contribution < -0.4 is 0 Å². The average Bonchev–Trinajstić information content (AvgIpc) is 1.90. The van der Waals surface area contributed by atoms with Gasteiger partial charge in [-0.15, -0.1) is 11.6 Å². The molecule has 0 spiro atoms. The molecule has 0 fully saturated rings. The highest BCUT2D eigenvalue weighted by atomic mass is 35.5. The van der Waals surface area contributed by atoms with Gasteiger partial charge in [-0.05, 0) is 0 Å². The Morgan fingerprint density at radius 3 is 2.33 bits per heavy atom. The van der Waals surface area contributed by atoms with Gasteiger partial charge in [0.1, 0.15) is 5.71 Å². The van der Waals surface area contributed by atoms with Gasteiger partial charge in [0, 0.05) is 5.54 Å². The Kier molecular flexibility index (Phi) is 4.96. The van der Waals surface area contributed by atoms with E-state index in [0.29, 0.717) is 0 Å². The lowest BCUT2D eigenvalue weighted by molar-refractivity contribution is 0.319. The van der Waals surface area contributed by atoms with Crippen LogP contribution in [0.1, 0.15) is 0 Å². The summed E-state index contributed by atoms with van der Waals surface area (Å²) in [5, 5.41) is 11.1. The van der Waals surface area contributed by atoms with E-state index in [1.807, 2.05) is 0 Å². The van der Waals surface area contributed by atoms with Crippen LogP contribution in [0.3, 0.4) is 0 Å². The summed E-state index contributed by atoms with van der Waals surface area (Å²) in [5.74, 6) is 0.0402. The molecule has 2 nitrogen and oxygen atoms in total. The van der Waals surface area contributed by atoms with Gasteiger partial charge in [-0.25, -0.2) is 0 Å². The van der Waals surface area contributed by atoms with Crippen molar-refractivity contribution in [3.63, 3.8) is 0 Å². The molecule has 9 heavy (non-hydrogen) atoms. The van der Waals surface area contributed by atoms with Crippen LogP contribution in [0.25, 0.3) is 0 Å². The van der Waals surface area contributed by atoms with Gasteiger partial charge in [0.2, 0.25) is 0 Å². The highest BCUT2D eigenvalue weighted by Gasteiger charge is 2.00. The monoisotopic (exact) mass is 187 g/mol. The molecule has 0 aliphatic heterocycles. The van der Waals surface area contributed by atoms with Gasteiger partial charge in [0.15, 0.2) is 0 Å². The Hall–Kier alpha value is 0.0800. The van der Waals surface area contributed by atoms with Crippen LogP contribution in [-0.2, 0) is 0 Å². The molecular weight excluding hydrogens is 184 g/mol.